The largest absolute Gasteiger partial charge is 0.456 e. The third-order valence-corrected chi connectivity index (χ3v) is 11.9. The van der Waals surface area contributed by atoms with Crippen molar-refractivity contribution in [2.45, 2.75) is 0 Å². The second kappa shape index (κ2) is 11.8. The molecule has 270 valence electrons. The maximum atomic E-state index is 6.47. The van der Waals surface area contributed by atoms with Crippen LogP contribution >= 0.6 is 0 Å². The Morgan fingerprint density at radius 2 is 0.500 bits per heavy atom. The van der Waals surface area contributed by atoms with Crippen LogP contribution in [0.2, 0.25) is 0 Å². The minimum Gasteiger partial charge on any atom is -0.456 e. The van der Waals surface area contributed by atoms with Crippen molar-refractivity contribution in [3.8, 4) is 44.5 Å². The van der Waals surface area contributed by atoms with Gasteiger partial charge in [0.1, 0.15) is 44.7 Å². The summed E-state index contributed by atoms with van der Waals surface area (Å²) in [5, 5.41) is 8.52. The van der Waals surface area contributed by atoms with Crippen molar-refractivity contribution in [3.05, 3.63) is 182 Å². The molecule has 58 heavy (non-hydrogen) atoms. The SMILES string of the molecule is c1ccc(-c2ccc3oc4cc5c(cc4c3c2)oc2ccc(-c3cccc(-c4ccc6oc7ccc8oc9ccc(-c%10ccccc%10)cc9c8c7c6c4)c3)cc25)cc1. The highest BCUT2D eigenvalue weighted by molar-refractivity contribution is 6.26. The molecule has 4 heteroatoms. The molecule has 0 bridgehead atoms. The third-order valence-electron chi connectivity index (χ3n) is 11.9. The topological polar surface area (TPSA) is 52.6 Å². The average Bonchev–Trinajstić information content (AvgIpc) is 4.04. The molecule has 4 heterocycles. The summed E-state index contributed by atoms with van der Waals surface area (Å²) in [6, 6.07) is 63.8. The molecule has 0 saturated heterocycles. The van der Waals surface area contributed by atoms with Crippen LogP contribution in [0.5, 0.6) is 0 Å². The summed E-state index contributed by atoms with van der Waals surface area (Å²) in [6.07, 6.45) is 0. The summed E-state index contributed by atoms with van der Waals surface area (Å²) in [7, 11) is 0. The number of rotatable bonds is 4. The van der Waals surface area contributed by atoms with Gasteiger partial charge in [-0.15, -0.1) is 0 Å². The fourth-order valence-corrected chi connectivity index (χ4v) is 9.04. The van der Waals surface area contributed by atoms with Crippen LogP contribution in [0.3, 0.4) is 0 Å². The molecule has 0 amide bonds. The van der Waals surface area contributed by atoms with E-state index in [-0.39, 0.29) is 0 Å². The molecule has 4 nitrogen and oxygen atoms in total. The summed E-state index contributed by atoms with van der Waals surface area (Å²) in [4.78, 5) is 0. The quantitative estimate of drug-likeness (QED) is 0.180. The van der Waals surface area contributed by atoms with E-state index in [1.807, 2.05) is 24.3 Å². The first-order valence-electron chi connectivity index (χ1n) is 19.5. The molecule has 0 atom stereocenters. The Bertz CT molecular complexity index is 3780. The van der Waals surface area contributed by atoms with Crippen LogP contribution in [-0.4, -0.2) is 0 Å². The van der Waals surface area contributed by atoms with Gasteiger partial charge in [-0.2, -0.15) is 0 Å². The molecule has 0 saturated carbocycles. The normalized spacial score (nSPS) is 12.1. The van der Waals surface area contributed by atoms with Crippen molar-refractivity contribution in [1.29, 1.82) is 0 Å². The molecule has 0 unspecified atom stereocenters. The highest BCUT2D eigenvalue weighted by Crippen LogP contribution is 2.43. The number of furan rings is 4. The van der Waals surface area contributed by atoms with Crippen molar-refractivity contribution < 1.29 is 17.7 Å². The van der Waals surface area contributed by atoms with Crippen LogP contribution in [0.4, 0.5) is 0 Å². The van der Waals surface area contributed by atoms with Gasteiger partial charge in [0.05, 0.1) is 0 Å². The number of hydrogen-bond acceptors (Lipinski definition) is 4. The lowest BCUT2D eigenvalue weighted by molar-refractivity contribution is 0.663. The van der Waals surface area contributed by atoms with Gasteiger partial charge in [-0.1, -0.05) is 103 Å². The predicted molar refractivity (Wildman–Crippen MR) is 237 cm³/mol. The van der Waals surface area contributed by atoms with Crippen molar-refractivity contribution in [3.63, 3.8) is 0 Å². The van der Waals surface area contributed by atoms with Crippen LogP contribution < -0.4 is 0 Å². The second-order valence-corrected chi connectivity index (χ2v) is 15.2. The van der Waals surface area contributed by atoms with Crippen LogP contribution in [0.25, 0.3) is 132 Å². The lowest BCUT2D eigenvalue weighted by Gasteiger charge is -2.07. The van der Waals surface area contributed by atoms with Gasteiger partial charge >= 0.3 is 0 Å². The minimum absolute atomic E-state index is 0.845. The molecular weight excluding hydrogens is 713 g/mol. The van der Waals surface area contributed by atoms with E-state index < -0.39 is 0 Å². The highest BCUT2D eigenvalue weighted by Gasteiger charge is 2.19. The summed E-state index contributed by atoms with van der Waals surface area (Å²) in [5.74, 6) is 0. The molecular formula is C54H30O4. The monoisotopic (exact) mass is 742 g/mol. The van der Waals surface area contributed by atoms with E-state index in [4.69, 9.17) is 17.7 Å². The Hall–Kier alpha value is -7.82. The molecule has 0 aliphatic rings. The Kier molecular flexibility index (Phi) is 6.41. The summed E-state index contributed by atoms with van der Waals surface area (Å²) in [6.45, 7) is 0. The van der Waals surface area contributed by atoms with Crippen LogP contribution in [0, 0.1) is 0 Å². The first-order chi connectivity index (χ1) is 28.7. The zero-order chi connectivity index (χ0) is 37.9. The van der Waals surface area contributed by atoms with E-state index in [1.54, 1.807) is 0 Å². The average molecular weight is 743 g/mol. The van der Waals surface area contributed by atoms with E-state index in [0.717, 1.165) is 121 Å². The van der Waals surface area contributed by atoms with Gasteiger partial charge in [-0.25, -0.2) is 0 Å². The second-order valence-electron chi connectivity index (χ2n) is 15.2. The Morgan fingerprint density at radius 1 is 0.190 bits per heavy atom. The van der Waals surface area contributed by atoms with E-state index in [0.29, 0.717) is 0 Å². The van der Waals surface area contributed by atoms with E-state index in [9.17, 15) is 0 Å². The van der Waals surface area contributed by atoms with E-state index >= 15 is 0 Å². The third kappa shape index (κ3) is 4.69. The van der Waals surface area contributed by atoms with Crippen LogP contribution in [0.15, 0.2) is 200 Å². The van der Waals surface area contributed by atoms with Gasteiger partial charge < -0.3 is 17.7 Å². The molecule has 0 aliphatic carbocycles. The summed E-state index contributed by atoms with van der Waals surface area (Å²) in [5.41, 5.74) is 16.0. The van der Waals surface area contributed by atoms with Gasteiger partial charge in [0, 0.05) is 43.1 Å². The molecule has 0 radical (unpaired) electrons. The van der Waals surface area contributed by atoms with Gasteiger partial charge in [0.25, 0.3) is 0 Å². The molecule has 13 rings (SSSR count). The molecule has 0 spiro atoms. The molecule has 0 fully saturated rings. The molecule has 0 N–H and O–H groups in total. The van der Waals surface area contributed by atoms with Crippen molar-refractivity contribution >= 4 is 87.8 Å². The fraction of sp³-hybridized carbons (Fsp3) is 0. The van der Waals surface area contributed by atoms with Gasteiger partial charge in [-0.3, -0.25) is 0 Å². The predicted octanol–water partition coefficient (Wildman–Crippen LogP) is 16.0. The van der Waals surface area contributed by atoms with Crippen molar-refractivity contribution in [2.24, 2.45) is 0 Å². The summed E-state index contributed by atoms with van der Waals surface area (Å²) < 4.78 is 25.7. The van der Waals surface area contributed by atoms with E-state index in [2.05, 4.69) is 158 Å². The number of benzene rings is 9. The van der Waals surface area contributed by atoms with E-state index in [1.165, 1.54) is 11.1 Å². The smallest absolute Gasteiger partial charge is 0.136 e. The first kappa shape index (κ1) is 31.4. The van der Waals surface area contributed by atoms with Gasteiger partial charge in [0.2, 0.25) is 0 Å². The summed E-state index contributed by atoms with van der Waals surface area (Å²) >= 11 is 0. The zero-order valence-corrected chi connectivity index (χ0v) is 31.0. The maximum Gasteiger partial charge on any atom is 0.136 e. The molecule has 4 aromatic heterocycles. The maximum absolute atomic E-state index is 6.47. The number of fused-ring (bicyclic) bond motifs is 13. The highest BCUT2D eigenvalue weighted by atomic mass is 16.3. The Balaban J connectivity index is 0.910. The molecule has 13 aromatic rings. The lowest BCUT2D eigenvalue weighted by Crippen LogP contribution is -1.82. The first-order valence-corrected chi connectivity index (χ1v) is 19.5. The lowest BCUT2D eigenvalue weighted by atomic mass is 9.96. The Morgan fingerprint density at radius 3 is 0.948 bits per heavy atom. The fourth-order valence-electron chi connectivity index (χ4n) is 9.04. The van der Waals surface area contributed by atoms with Gasteiger partial charge in [0.15, 0.2) is 0 Å². The molecule has 0 aliphatic heterocycles. The Labute approximate surface area is 330 Å². The van der Waals surface area contributed by atoms with Crippen LogP contribution in [-0.2, 0) is 0 Å². The number of hydrogen-bond donors (Lipinski definition) is 0. The van der Waals surface area contributed by atoms with Crippen molar-refractivity contribution in [2.75, 3.05) is 0 Å². The van der Waals surface area contributed by atoms with Gasteiger partial charge in [-0.05, 0) is 123 Å². The van der Waals surface area contributed by atoms with Crippen LogP contribution in [0.1, 0.15) is 0 Å². The zero-order valence-electron chi connectivity index (χ0n) is 31.0. The minimum atomic E-state index is 0.845. The van der Waals surface area contributed by atoms with Crippen molar-refractivity contribution in [1.82, 2.24) is 0 Å². The molecule has 9 aromatic carbocycles. The standard InChI is InChI=1S/C54H30O4/c1-3-8-31(9-4-1)35-14-18-45-39(25-35)41-29-52-42(30-51(41)57-45)40-26-37(16-19-46(40)58-52)33-12-7-13-34(24-33)38-17-21-48-44(28-38)54-50(56-48)23-22-49-53(54)43-27-36(15-20-47(43)55-49)32-10-5-2-6-11-32/h1-30H.